The summed E-state index contributed by atoms with van der Waals surface area (Å²) in [4.78, 5) is 34.2. The van der Waals surface area contributed by atoms with Crippen LogP contribution in [0.2, 0.25) is 0 Å². The molecule has 4 rings (SSSR count). The molecule has 8 heteroatoms. The molecule has 0 fully saturated rings. The standard InChI is InChI=1S/C22H17NO7/c24-20(25)2-1-7-23-15-6-5-12-8-16(22(28)30-18(12)11-15)19-9-13-3-4-14(21(26)27)10-17(13)29-19/h3-6,8-11,23H,1-2,7H2,(H,24,25)(H,26,27). The third kappa shape index (κ3) is 3.88. The molecule has 152 valence electrons. The predicted octanol–water partition coefficient (Wildman–Crippen LogP) is 4.18. The van der Waals surface area contributed by atoms with E-state index in [1.165, 1.54) is 12.1 Å². The number of benzene rings is 2. The number of hydrogen-bond acceptors (Lipinski definition) is 6. The van der Waals surface area contributed by atoms with Crippen molar-refractivity contribution in [1.29, 1.82) is 0 Å². The Morgan fingerprint density at radius 2 is 1.63 bits per heavy atom. The van der Waals surface area contributed by atoms with Gasteiger partial charge in [-0.2, -0.15) is 0 Å². The number of hydrogen-bond donors (Lipinski definition) is 3. The third-order valence-electron chi connectivity index (χ3n) is 4.66. The SMILES string of the molecule is O=C(O)CCCNc1ccc2cc(-c3cc4ccc(C(=O)O)cc4o3)c(=O)oc2c1. The summed E-state index contributed by atoms with van der Waals surface area (Å²) < 4.78 is 11.1. The molecule has 0 bridgehead atoms. The van der Waals surface area contributed by atoms with Gasteiger partial charge in [0.1, 0.15) is 22.5 Å². The highest BCUT2D eigenvalue weighted by Crippen LogP contribution is 2.29. The lowest BCUT2D eigenvalue weighted by atomic mass is 10.1. The maximum absolute atomic E-state index is 12.5. The Hall–Kier alpha value is -4.07. The van der Waals surface area contributed by atoms with Gasteiger partial charge in [-0.15, -0.1) is 0 Å². The van der Waals surface area contributed by atoms with Crippen LogP contribution in [0.1, 0.15) is 23.2 Å². The summed E-state index contributed by atoms with van der Waals surface area (Å²) in [6.07, 6.45) is 0.552. The van der Waals surface area contributed by atoms with Gasteiger partial charge in [-0.25, -0.2) is 9.59 Å². The van der Waals surface area contributed by atoms with Gasteiger partial charge >= 0.3 is 17.6 Å². The highest BCUT2D eigenvalue weighted by molar-refractivity contribution is 5.94. The lowest BCUT2D eigenvalue weighted by Gasteiger charge is -2.06. The molecular weight excluding hydrogens is 390 g/mol. The van der Waals surface area contributed by atoms with E-state index in [1.807, 2.05) is 6.07 Å². The number of carboxylic acid groups (broad SMARTS) is 2. The molecule has 0 unspecified atom stereocenters. The third-order valence-corrected chi connectivity index (χ3v) is 4.66. The molecule has 0 aliphatic heterocycles. The molecule has 4 aromatic rings. The van der Waals surface area contributed by atoms with Gasteiger partial charge in [0.25, 0.3) is 0 Å². The van der Waals surface area contributed by atoms with Crippen molar-refractivity contribution in [3.8, 4) is 11.3 Å². The number of aromatic carboxylic acids is 1. The van der Waals surface area contributed by atoms with E-state index in [-0.39, 0.29) is 17.5 Å². The van der Waals surface area contributed by atoms with Crippen molar-refractivity contribution in [3.05, 3.63) is 64.5 Å². The maximum atomic E-state index is 12.5. The first-order valence-corrected chi connectivity index (χ1v) is 9.21. The molecule has 0 saturated carbocycles. The van der Waals surface area contributed by atoms with E-state index in [0.29, 0.717) is 46.4 Å². The zero-order valence-corrected chi connectivity index (χ0v) is 15.7. The van der Waals surface area contributed by atoms with Crippen LogP contribution in [-0.2, 0) is 4.79 Å². The van der Waals surface area contributed by atoms with Crippen LogP contribution in [0.4, 0.5) is 5.69 Å². The molecule has 0 saturated heterocycles. The molecule has 8 nitrogen and oxygen atoms in total. The summed E-state index contributed by atoms with van der Waals surface area (Å²) in [5.41, 5.74) is 1.22. The van der Waals surface area contributed by atoms with Crippen LogP contribution in [0.3, 0.4) is 0 Å². The number of anilines is 1. The number of aliphatic carboxylic acids is 1. The van der Waals surface area contributed by atoms with Crippen molar-refractivity contribution in [3.63, 3.8) is 0 Å². The summed E-state index contributed by atoms with van der Waals surface area (Å²) in [7, 11) is 0. The summed E-state index contributed by atoms with van der Waals surface area (Å²) in [6.45, 7) is 0.484. The quantitative estimate of drug-likeness (QED) is 0.307. The number of fused-ring (bicyclic) bond motifs is 2. The van der Waals surface area contributed by atoms with Gasteiger partial charge in [-0.05, 0) is 42.8 Å². The van der Waals surface area contributed by atoms with Crippen molar-refractivity contribution in [2.45, 2.75) is 12.8 Å². The minimum Gasteiger partial charge on any atom is -0.481 e. The van der Waals surface area contributed by atoms with Gasteiger partial charge in [0.15, 0.2) is 0 Å². The first-order chi connectivity index (χ1) is 14.4. The van der Waals surface area contributed by atoms with Crippen LogP contribution in [0.25, 0.3) is 33.3 Å². The zero-order valence-electron chi connectivity index (χ0n) is 15.7. The van der Waals surface area contributed by atoms with Crippen LogP contribution in [-0.4, -0.2) is 28.7 Å². The Morgan fingerprint density at radius 3 is 2.40 bits per heavy atom. The number of carboxylic acids is 2. The van der Waals surface area contributed by atoms with Crippen LogP contribution in [0.5, 0.6) is 0 Å². The largest absolute Gasteiger partial charge is 0.481 e. The number of furan rings is 1. The fourth-order valence-electron chi connectivity index (χ4n) is 3.16. The first-order valence-electron chi connectivity index (χ1n) is 9.21. The second kappa shape index (κ2) is 7.75. The summed E-state index contributed by atoms with van der Waals surface area (Å²) >= 11 is 0. The highest BCUT2D eigenvalue weighted by atomic mass is 16.4. The normalized spacial score (nSPS) is 11.1. The zero-order chi connectivity index (χ0) is 21.3. The molecular formula is C22H17NO7. The Balaban J connectivity index is 1.64. The average molecular weight is 407 g/mol. The Labute approximate surface area is 169 Å². The van der Waals surface area contributed by atoms with Crippen LogP contribution in [0, 0.1) is 0 Å². The molecule has 0 spiro atoms. The smallest absolute Gasteiger partial charge is 0.347 e. The van der Waals surface area contributed by atoms with E-state index in [4.69, 9.17) is 19.0 Å². The highest BCUT2D eigenvalue weighted by Gasteiger charge is 2.14. The maximum Gasteiger partial charge on any atom is 0.347 e. The molecule has 0 aliphatic rings. The Bertz CT molecular complexity index is 1330. The molecule has 2 aromatic heterocycles. The van der Waals surface area contributed by atoms with E-state index in [0.717, 1.165) is 0 Å². The Kier molecular flexibility index (Phi) is 4.97. The van der Waals surface area contributed by atoms with E-state index in [9.17, 15) is 14.4 Å². The predicted molar refractivity (Wildman–Crippen MR) is 110 cm³/mol. The molecule has 0 aliphatic carbocycles. The summed E-state index contributed by atoms with van der Waals surface area (Å²) in [5, 5.41) is 22.2. The Morgan fingerprint density at radius 1 is 0.900 bits per heavy atom. The summed E-state index contributed by atoms with van der Waals surface area (Å²) in [6, 6.07) is 13.1. The first kappa shape index (κ1) is 19.3. The molecule has 0 atom stereocenters. The lowest BCUT2D eigenvalue weighted by molar-refractivity contribution is -0.137. The van der Waals surface area contributed by atoms with E-state index >= 15 is 0 Å². The van der Waals surface area contributed by atoms with E-state index < -0.39 is 17.6 Å². The number of rotatable bonds is 7. The molecule has 0 radical (unpaired) electrons. The second-order valence-corrected chi connectivity index (χ2v) is 6.79. The van der Waals surface area contributed by atoms with E-state index in [1.54, 1.807) is 30.3 Å². The molecule has 2 heterocycles. The fraction of sp³-hybridized carbons (Fsp3) is 0.136. The molecule has 3 N–H and O–H groups in total. The van der Waals surface area contributed by atoms with Gasteiger partial charge in [-0.3, -0.25) is 4.79 Å². The fourth-order valence-corrected chi connectivity index (χ4v) is 3.16. The van der Waals surface area contributed by atoms with Crippen molar-refractivity contribution >= 4 is 39.6 Å². The van der Waals surface area contributed by atoms with Gasteiger partial charge < -0.3 is 24.4 Å². The van der Waals surface area contributed by atoms with Crippen molar-refractivity contribution in [1.82, 2.24) is 0 Å². The minimum absolute atomic E-state index is 0.0739. The monoisotopic (exact) mass is 407 g/mol. The molecule has 2 aromatic carbocycles. The van der Waals surface area contributed by atoms with Crippen LogP contribution < -0.4 is 10.9 Å². The summed E-state index contributed by atoms with van der Waals surface area (Å²) in [5.74, 6) is -1.62. The second-order valence-electron chi connectivity index (χ2n) is 6.79. The van der Waals surface area contributed by atoms with Gasteiger partial charge in [0.2, 0.25) is 0 Å². The number of nitrogens with one attached hydrogen (secondary N) is 1. The average Bonchev–Trinajstić information content (AvgIpc) is 3.13. The molecule has 30 heavy (non-hydrogen) atoms. The minimum atomic E-state index is -1.06. The van der Waals surface area contributed by atoms with Crippen LogP contribution in [0.15, 0.2) is 62.2 Å². The van der Waals surface area contributed by atoms with Gasteiger partial charge in [0, 0.05) is 35.5 Å². The topological polar surface area (TPSA) is 130 Å². The van der Waals surface area contributed by atoms with Crippen molar-refractivity contribution in [2.24, 2.45) is 0 Å². The van der Waals surface area contributed by atoms with E-state index in [2.05, 4.69) is 5.32 Å². The number of carbonyl (C=O) groups is 2. The van der Waals surface area contributed by atoms with Crippen LogP contribution >= 0.6 is 0 Å². The van der Waals surface area contributed by atoms with Gasteiger partial charge in [0.05, 0.1) is 5.56 Å². The van der Waals surface area contributed by atoms with Crippen molar-refractivity contribution < 1.29 is 28.6 Å². The van der Waals surface area contributed by atoms with Gasteiger partial charge in [-0.1, -0.05) is 6.07 Å². The molecule has 0 amide bonds. The lowest BCUT2D eigenvalue weighted by Crippen LogP contribution is -2.05. The van der Waals surface area contributed by atoms with Crippen molar-refractivity contribution in [2.75, 3.05) is 11.9 Å².